The Balaban J connectivity index is 0.00000307. The van der Waals surface area contributed by atoms with E-state index < -0.39 is 13.5 Å². The molecule has 0 aliphatic carbocycles. The lowest BCUT2D eigenvalue weighted by Gasteiger charge is -2.11. The summed E-state index contributed by atoms with van der Waals surface area (Å²) in [5, 5.41) is 24.4. The third kappa shape index (κ3) is 12.8. The van der Waals surface area contributed by atoms with Crippen LogP contribution < -0.4 is 25.6 Å². The number of ether oxygens (including phenoxy) is 4. The van der Waals surface area contributed by atoms with Crippen molar-refractivity contribution in [2.24, 2.45) is 0 Å². The normalized spacial score (nSPS) is 10.8. The molecule has 15 heteroatoms. The van der Waals surface area contributed by atoms with Gasteiger partial charge in [-0.05, 0) is 66.5 Å². The van der Waals surface area contributed by atoms with Crippen LogP contribution in [0, 0.1) is 6.92 Å². The van der Waals surface area contributed by atoms with Crippen LogP contribution in [-0.4, -0.2) is 79.0 Å². The minimum Gasteiger partial charge on any atom is -0.491 e. The third-order valence-corrected chi connectivity index (χ3v) is 6.37. The standard InChI is InChI=1S/C31H32BF3N4O7.C2H6/c1-21-17-26(9-10-27(21)32(41)42)45-16-15-44-14-13-43-12-11-36-30(40)23-4-2-3-22(18-23)28-19-29(38-20-37-28)39-24-5-7-25(8-6-24)46-31(33,34)35;1-2/h2-10,17-20,41-42H,11-16H2,1H3,(H,36,40)(H,37,38,39);1-2H3. The number of hydrogen-bond acceptors (Lipinski definition) is 10. The molecule has 0 saturated carbocycles. The zero-order chi connectivity index (χ0) is 34.9. The molecule has 48 heavy (non-hydrogen) atoms. The fourth-order valence-corrected chi connectivity index (χ4v) is 4.20. The summed E-state index contributed by atoms with van der Waals surface area (Å²) in [6, 6.07) is 18.7. The average Bonchev–Trinajstić information content (AvgIpc) is 3.06. The van der Waals surface area contributed by atoms with E-state index in [2.05, 4.69) is 25.3 Å². The van der Waals surface area contributed by atoms with E-state index >= 15 is 0 Å². The number of nitrogens with zero attached hydrogens (tertiary/aromatic N) is 2. The highest BCUT2D eigenvalue weighted by atomic mass is 19.4. The maximum atomic E-state index is 12.7. The maximum absolute atomic E-state index is 12.7. The van der Waals surface area contributed by atoms with Gasteiger partial charge < -0.3 is 39.6 Å². The van der Waals surface area contributed by atoms with Crippen molar-refractivity contribution in [2.45, 2.75) is 27.1 Å². The van der Waals surface area contributed by atoms with Crippen LogP contribution in [-0.2, 0) is 9.47 Å². The first-order valence-corrected chi connectivity index (χ1v) is 15.2. The predicted octanol–water partition coefficient (Wildman–Crippen LogP) is 4.64. The van der Waals surface area contributed by atoms with Crippen molar-refractivity contribution in [3.8, 4) is 22.8 Å². The molecule has 0 aliphatic rings. The molecule has 11 nitrogen and oxygen atoms in total. The maximum Gasteiger partial charge on any atom is 0.573 e. The first kappa shape index (κ1) is 37.8. The molecule has 0 spiro atoms. The summed E-state index contributed by atoms with van der Waals surface area (Å²) in [4.78, 5) is 21.1. The molecule has 1 amide bonds. The molecule has 0 saturated heterocycles. The van der Waals surface area contributed by atoms with Gasteiger partial charge in [0.2, 0.25) is 0 Å². The van der Waals surface area contributed by atoms with Crippen LogP contribution >= 0.6 is 0 Å². The minimum atomic E-state index is -4.77. The van der Waals surface area contributed by atoms with Crippen molar-refractivity contribution in [3.63, 3.8) is 0 Å². The number of halogens is 3. The van der Waals surface area contributed by atoms with Gasteiger partial charge in [0.15, 0.2) is 0 Å². The quantitative estimate of drug-likeness (QED) is 0.0984. The number of anilines is 2. The van der Waals surface area contributed by atoms with Crippen LogP contribution in [0.2, 0.25) is 0 Å². The lowest BCUT2D eigenvalue weighted by atomic mass is 9.77. The van der Waals surface area contributed by atoms with E-state index in [-0.39, 0.29) is 18.3 Å². The van der Waals surface area contributed by atoms with Crippen molar-refractivity contribution in [2.75, 3.05) is 44.9 Å². The van der Waals surface area contributed by atoms with E-state index in [1.54, 1.807) is 55.5 Å². The van der Waals surface area contributed by atoms with Crippen molar-refractivity contribution < 1.29 is 47.0 Å². The van der Waals surface area contributed by atoms with E-state index in [0.717, 1.165) is 0 Å². The van der Waals surface area contributed by atoms with Gasteiger partial charge in [0.1, 0.15) is 30.3 Å². The van der Waals surface area contributed by atoms with Gasteiger partial charge >= 0.3 is 13.5 Å². The van der Waals surface area contributed by atoms with Crippen molar-refractivity contribution in [1.82, 2.24) is 15.3 Å². The number of nitrogens with one attached hydrogen (secondary N) is 2. The molecule has 0 radical (unpaired) electrons. The molecular formula is C33H38BF3N4O7. The zero-order valence-electron chi connectivity index (χ0n) is 26.8. The number of rotatable bonds is 16. The fraction of sp³-hybridized carbons (Fsp3) is 0.303. The van der Waals surface area contributed by atoms with E-state index in [4.69, 9.17) is 14.2 Å². The van der Waals surface area contributed by atoms with Crippen molar-refractivity contribution in [3.05, 3.63) is 90.3 Å². The number of carbonyl (C=O) groups is 1. The van der Waals surface area contributed by atoms with E-state index in [1.165, 1.54) is 30.6 Å². The van der Waals surface area contributed by atoms with Crippen LogP contribution in [0.1, 0.15) is 29.8 Å². The Morgan fingerprint density at radius 2 is 1.54 bits per heavy atom. The largest absolute Gasteiger partial charge is 0.573 e. The summed E-state index contributed by atoms with van der Waals surface area (Å²) in [6.07, 6.45) is -3.43. The molecule has 4 N–H and O–H groups in total. The second-order valence-corrected chi connectivity index (χ2v) is 9.79. The summed E-state index contributed by atoms with van der Waals surface area (Å²) in [5.41, 5.74) is 3.26. The molecule has 0 bridgehead atoms. The van der Waals surface area contributed by atoms with Crippen molar-refractivity contribution in [1.29, 1.82) is 0 Å². The topological polar surface area (TPSA) is 144 Å². The molecule has 256 valence electrons. The minimum absolute atomic E-state index is 0.288. The lowest BCUT2D eigenvalue weighted by molar-refractivity contribution is -0.274. The second-order valence-electron chi connectivity index (χ2n) is 9.79. The van der Waals surface area contributed by atoms with Gasteiger partial charge in [-0.3, -0.25) is 4.79 Å². The van der Waals surface area contributed by atoms with Gasteiger partial charge in [-0.15, -0.1) is 13.2 Å². The van der Waals surface area contributed by atoms with E-state index in [0.29, 0.717) is 78.1 Å². The fourth-order valence-electron chi connectivity index (χ4n) is 4.20. The predicted molar refractivity (Wildman–Crippen MR) is 176 cm³/mol. The molecule has 0 aliphatic heterocycles. The molecule has 3 aromatic carbocycles. The van der Waals surface area contributed by atoms with E-state index in [1.807, 2.05) is 13.8 Å². The molecule has 0 fully saturated rings. The molecule has 1 aromatic heterocycles. The number of amides is 1. The Bertz CT molecular complexity index is 1580. The Kier molecular flexibility index (Phi) is 15.1. The van der Waals surface area contributed by atoms with Crippen LogP contribution in [0.15, 0.2) is 79.1 Å². The first-order chi connectivity index (χ1) is 23.1. The summed E-state index contributed by atoms with van der Waals surface area (Å²) in [5.74, 6) is 0.386. The number of aromatic nitrogens is 2. The van der Waals surface area contributed by atoms with Crippen LogP contribution in [0.5, 0.6) is 11.5 Å². The number of carbonyl (C=O) groups excluding carboxylic acids is 1. The Morgan fingerprint density at radius 1 is 0.854 bits per heavy atom. The smallest absolute Gasteiger partial charge is 0.491 e. The van der Waals surface area contributed by atoms with Gasteiger partial charge in [0, 0.05) is 29.4 Å². The summed E-state index contributed by atoms with van der Waals surface area (Å²) in [7, 11) is -1.53. The number of alkyl halides is 3. The molecule has 4 rings (SSSR count). The van der Waals surface area contributed by atoms with Crippen LogP contribution in [0.4, 0.5) is 24.7 Å². The van der Waals surface area contributed by atoms with Gasteiger partial charge in [-0.1, -0.05) is 32.0 Å². The number of benzene rings is 3. The summed E-state index contributed by atoms with van der Waals surface area (Å²) in [6.45, 7) is 7.69. The van der Waals surface area contributed by atoms with Gasteiger partial charge in [-0.25, -0.2) is 9.97 Å². The Morgan fingerprint density at radius 3 is 2.23 bits per heavy atom. The Labute approximate surface area is 277 Å². The van der Waals surface area contributed by atoms with E-state index in [9.17, 15) is 28.0 Å². The summed E-state index contributed by atoms with van der Waals surface area (Å²) < 4.78 is 57.6. The Hall–Kier alpha value is -4.70. The zero-order valence-corrected chi connectivity index (χ0v) is 26.8. The number of aryl methyl sites for hydroxylation is 1. The third-order valence-electron chi connectivity index (χ3n) is 6.37. The summed E-state index contributed by atoms with van der Waals surface area (Å²) >= 11 is 0. The van der Waals surface area contributed by atoms with Gasteiger partial charge in [-0.2, -0.15) is 0 Å². The molecule has 0 unspecified atom stereocenters. The lowest BCUT2D eigenvalue weighted by Crippen LogP contribution is -2.31. The second kappa shape index (κ2) is 19.2. The number of hydrogen-bond donors (Lipinski definition) is 4. The molecule has 1 heterocycles. The van der Waals surface area contributed by atoms with Gasteiger partial charge in [0.05, 0.1) is 32.1 Å². The molecular weight excluding hydrogens is 632 g/mol. The highest BCUT2D eigenvalue weighted by molar-refractivity contribution is 6.59. The molecule has 0 atom stereocenters. The monoisotopic (exact) mass is 670 g/mol. The average molecular weight is 670 g/mol. The highest BCUT2D eigenvalue weighted by Gasteiger charge is 2.31. The SMILES string of the molecule is CC.Cc1cc(OCCOCCOCCNC(=O)c2cccc(-c3cc(Nc4ccc(OC(F)(F)F)cc4)ncn3)c2)ccc1B(O)O. The highest BCUT2D eigenvalue weighted by Crippen LogP contribution is 2.26. The first-order valence-electron chi connectivity index (χ1n) is 15.2. The van der Waals surface area contributed by atoms with Crippen molar-refractivity contribution >= 4 is 30.0 Å². The van der Waals surface area contributed by atoms with Crippen LogP contribution in [0.3, 0.4) is 0 Å². The molecule has 4 aromatic rings. The van der Waals surface area contributed by atoms with Crippen LogP contribution in [0.25, 0.3) is 11.3 Å². The van der Waals surface area contributed by atoms with Gasteiger partial charge in [0.25, 0.3) is 5.91 Å².